The maximum absolute atomic E-state index is 4.70. The number of rotatable bonds is 3. The second-order valence-electron chi connectivity index (χ2n) is 7.22. The Hall–Kier alpha value is -3.14. The molecule has 4 heteroatoms. The zero-order valence-corrected chi connectivity index (χ0v) is 15.4. The fourth-order valence-electron chi connectivity index (χ4n) is 4.16. The summed E-state index contributed by atoms with van der Waals surface area (Å²) in [5.41, 5.74) is 6.01. The van der Waals surface area contributed by atoms with Crippen LogP contribution in [0.4, 0.5) is 5.82 Å². The van der Waals surface area contributed by atoms with Crippen molar-refractivity contribution in [1.82, 2.24) is 15.0 Å². The zero-order chi connectivity index (χ0) is 18.2. The Kier molecular flexibility index (Phi) is 3.89. The molecule has 0 saturated heterocycles. The lowest BCUT2D eigenvalue weighted by molar-refractivity contribution is 0.598. The van der Waals surface area contributed by atoms with Crippen LogP contribution in [0.1, 0.15) is 35.8 Å². The Bertz CT molecular complexity index is 1110. The first-order chi connectivity index (χ1) is 13.3. The van der Waals surface area contributed by atoms with Gasteiger partial charge in [-0.2, -0.15) is 0 Å². The Morgan fingerprint density at radius 1 is 1.04 bits per heavy atom. The third-order valence-electron chi connectivity index (χ3n) is 5.39. The highest BCUT2D eigenvalue weighted by atomic mass is 15.0. The number of H-pyrrole nitrogens is 1. The highest BCUT2D eigenvalue weighted by Crippen LogP contribution is 2.33. The van der Waals surface area contributed by atoms with Crippen molar-refractivity contribution >= 4 is 16.7 Å². The van der Waals surface area contributed by atoms with Gasteiger partial charge in [0.15, 0.2) is 0 Å². The molecule has 0 spiro atoms. The Morgan fingerprint density at radius 2 is 1.96 bits per heavy atom. The number of aromatic nitrogens is 3. The molecule has 27 heavy (non-hydrogen) atoms. The molecule has 0 aliphatic heterocycles. The van der Waals surface area contributed by atoms with Gasteiger partial charge < -0.3 is 10.3 Å². The Labute approximate surface area is 158 Å². The number of para-hydroxylation sites is 1. The molecule has 2 heterocycles. The quantitative estimate of drug-likeness (QED) is 0.516. The van der Waals surface area contributed by atoms with Crippen molar-refractivity contribution < 1.29 is 0 Å². The van der Waals surface area contributed by atoms with Gasteiger partial charge in [0.1, 0.15) is 11.6 Å². The summed E-state index contributed by atoms with van der Waals surface area (Å²) in [6, 6.07) is 19.5. The molecule has 2 N–H and O–H groups in total. The van der Waals surface area contributed by atoms with Crippen LogP contribution in [0.15, 0.2) is 60.8 Å². The molecule has 134 valence electrons. The van der Waals surface area contributed by atoms with Crippen molar-refractivity contribution in [2.75, 3.05) is 5.32 Å². The highest BCUT2D eigenvalue weighted by molar-refractivity contribution is 5.93. The predicted molar refractivity (Wildman–Crippen MR) is 110 cm³/mol. The Balaban J connectivity index is 1.53. The lowest BCUT2D eigenvalue weighted by atomic mass is 9.88. The topological polar surface area (TPSA) is 53.6 Å². The maximum atomic E-state index is 4.70. The largest absolute Gasteiger partial charge is 0.363 e. The van der Waals surface area contributed by atoms with Crippen molar-refractivity contribution in [2.24, 2.45) is 0 Å². The van der Waals surface area contributed by atoms with Crippen molar-refractivity contribution in [3.63, 3.8) is 0 Å². The van der Waals surface area contributed by atoms with Crippen LogP contribution in [0.25, 0.3) is 22.2 Å². The molecule has 0 bridgehead atoms. The van der Waals surface area contributed by atoms with Crippen molar-refractivity contribution in [3.8, 4) is 11.3 Å². The summed E-state index contributed by atoms with van der Waals surface area (Å²) in [7, 11) is 0. The van der Waals surface area contributed by atoms with E-state index in [-0.39, 0.29) is 0 Å². The van der Waals surface area contributed by atoms with E-state index in [1.54, 1.807) is 0 Å². The molecule has 0 unspecified atom stereocenters. The van der Waals surface area contributed by atoms with Crippen molar-refractivity contribution in [2.45, 2.75) is 32.2 Å². The number of anilines is 1. The summed E-state index contributed by atoms with van der Waals surface area (Å²) in [4.78, 5) is 12.7. The average molecular weight is 354 g/mol. The smallest absolute Gasteiger partial charge is 0.130 e. The van der Waals surface area contributed by atoms with Crippen LogP contribution in [0.5, 0.6) is 0 Å². The normalized spacial score (nSPS) is 16.3. The summed E-state index contributed by atoms with van der Waals surface area (Å²) in [5.74, 6) is 1.67. The standard InChI is InChI=1S/C23H22N4/c1-15-25-21(19-10-4-8-17-12-13-24-23(17)19)14-22(26-15)27-20-11-5-7-16-6-2-3-9-18(16)20/h2-4,6,8-10,12-14,20,24H,5,7,11H2,1H3,(H,25,26,27)/t20-/m1/s1. The molecule has 1 atom stereocenters. The SMILES string of the molecule is Cc1nc(N[C@@H]2CCCc3ccccc32)cc(-c2cccc3cc[nH]c23)n1. The lowest BCUT2D eigenvalue weighted by Crippen LogP contribution is -2.18. The molecule has 0 radical (unpaired) electrons. The van der Waals surface area contributed by atoms with E-state index in [1.165, 1.54) is 22.9 Å². The first kappa shape index (κ1) is 16.1. The molecule has 1 aliphatic rings. The van der Waals surface area contributed by atoms with Gasteiger partial charge in [-0.1, -0.05) is 42.5 Å². The minimum atomic E-state index is 0.304. The number of fused-ring (bicyclic) bond motifs is 2. The number of nitrogens with zero attached hydrogens (tertiary/aromatic N) is 2. The van der Waals surface area contributed by atoms with E-state index >= 15 is 0 Å². The molecular weight excluding hydrogens is 332 g/mol. The monoisotopic (exact) mass is 354 g/mol. The molecule has 2 aromatic carbocycles. The van der Waals surface area contributed by atoms with Crippen LogP contribution in [0.3, 0.4) is 0 Å². The number of nitrogens with one attached hydrogen (secondary N) is 2. The Morgan fingerprint density at radius 3 is 2.93 bits per heavy atom. The van der Waals surface area contributed by atoms with E-state index in [4.69, 9.17) is 4.98 Å². The number of hydrogen-bond acceptors (Lipinski definition) is 3. The third kappa shape index (κ3) is 2.97. The molecule has 4 aromatic rings. The molecule has 2 aromatic heterocycles. The summed E-state index contributed by atoms with van der Waals surface area (Å²) >= 11 is 0. The predicted octanol–water partition coefficient (Wildman–Crippen LogP) is 5.42. The second kappa shape index (κ2) is 6.54. The van der Waals surface area contributed by atoms with Crippen molar-refractivity contribution in [1.29, 1.82) is 0 Å². The zero-order valence-electron chi connectivity index (χ0n) is 15.4. The molecule has 0 fully saturated rings. The molecule has 4 nitrogen and oxygen atoms in total. The van der Waals surface area contributed by atoms with E-state index in [2.05, 4.69) is 69.9 Å². The molecule has 0 amide bonds. The van der Waals surface area contributed by atoms with Gasteiger partial charge in [0, 0.05) is 23.2 Å². The van der Waals surface area contributed by atoms with Gasteiger partial charge in [-0.25, -0.2) is 9.97 Å². The summed E-state index contributed by atoms with van der Waals surface area (Å²) in [6.07, 6.45) is 5.46. The third-order valence-corrected chi connectivity index (χ3v) is 5.39. The molecule has 5 rings (SSSR count). The number of aryl methyl sites for hydroxylation is 2. The molecular formula is C23H22N4. The second-order valence-corrected chi connectivity index (χ2v) is 7.22. The maximum Gasteiger partial charge on any atom is 0.130 e. The fourth-order valence-corrected chi connectivity index (χ4v) is 4.16. The average Bonchev–Trinajstić information content (AvgIpc) is 3.17. The summed E-state index contributed by atoms with van der Waals surface area (Å²) in [6.45, 7) is 1.96. The molecule has 0 saturated carbocycles. The van der Waals surface area contributed by atoms with Gasteiger partial charge in [-0.3, -0.25) is 0 Å². The summed E-state index contributed by atoms with van der Waals surface area (Å²) < 4.78 is 0. The van der Waals surface area contributed by atoms with E-state index in [0.29, 0.717) is 6.04 Å². The van der Waals surface area contributed by atoms with E-state index in [9.17, 15) is 0 Å². The lowest BCUT2D eigenvalue weighted by Gasteiger charge is -2.27. The van der Waals surface area contributed by atoms with Crippen molar-refractivity contribution in [3.05, 3.63) is 77.7 Å². The number of hydrogen-bond donors (Lipinski definition) is 2. The van der Waals surface area contributed by atoms with Gasteiger partial charge in [0.25, 0.3) is 0 Å². The van der Waals surface area contributed by atoms with Crippen LogP contribution in [0.2, 0.25) is 0 Å². The van der Waals surface area contributed by atoms with Gasteiger partial charge in [0.2, 0.25) is 0 Å². The van der Waals surface area contributed by atoms with E-state index in [0.717, 1.165) is 41.3 Å². The van der Waals surface area contributed by atoms with E-state index in [1.807, 2.05) is 13.1 Å². The van der Waals surface area contributed by atoms with E-state index < -0.39 is 0 Å². The van der Waals surface area contributed by atoms with Crippen LogP contribution < -0.4 is 5.32 Å². The minimum Gasteiger partial charge on any atom is -0.363 e. The van der Waals surface area contributed by atoms with Gasteiger partial charge in [-0.05, 0) is 43.4 Å². The first-order valence-electron chi connectivity index (χ1n) is 9.54. The minimum absolute atomic E-state index is 0.304. The highest BCUT2D eigenvalue weighted by Gasteiger charge is 2.20. The number of aromatic amines is 1. The summed E-state index contributed by atoms with van der Waals surface area (Å²) in [5, 5.41) is 4.86. The van der Waals surface area contributed by atoms with Crippen LogP contribution in [-0.4, -0.2) is 15.0 Å². The van der Waals surface area contributed by atoms with Gasteiger partial charge >= 0.3 is 0 Å². The molecule has 1 aliphatic carbocycles. The van der Waals surface area contributed by atoms with Gasteiger partial charge in [0.05, 0.1) is 17.3 Å². The van der Waals surface area contributed by atoms with Crippen LogP contribution in [0, 0.1) is 6.92 Å². The first-order valence-corrected chi connectivity index (χ1v) is 9.54. The number of benzene rings is 2. The fraction of sp³-hybridized carbons (Fsp3) is 0.217. The van der Waals surface area contributed by atoms with Crippen LogP contribution in [-0.2, 0) is 6.42 Å². The van der Waals surface area contributed by atoms with Gasteiger partial charge in [-0.15, -0.1) is 0 Å². The van der Waals surface area contributed by atoms with Crippen LogP contribution >= 0.6 is 0 Å².